The SMILES string of the molecule is N#Cc1ccc(-n2c(N)nc(C(F)(F)F)c(Cl)c2=O)cc1. The predicted octanol–water partition coefficient (Wildman–Crippen LogP) is 2.36. The predicted molar refractivity (Wildman–Crippen MR) is 69.0 cm³/mol. The summed E-state index contributed by atoms with van der Waals surface area (Å²) in [6.07, 6.45) is -4.88. The topological polar surface area (TPSA) is 84.7 Å². The minimum atomic E-state index is -4.88. The van der Waals surface area contributed by atoms with Gasteiger partial charge in [0, 0.05) is 0 Å². The van der Waals surface area contributed by atoms with Gasteiger partial charge in [-0.05, 0) is 24.3 Å². The fourth-order valence-electron chi connectivity index (χ4n) is 1.64. The maximum absolute atomic E-state index is 12.7. The van der Waals surface area contributed by atoms with Crippen molar-refractivity contribution in [3.05, 3.63) is 50.9 Å². The lowest BCUT2D eigenvalue weighted by Gasteiger charge is -2.13. The molecule has 1 aromatic carbocycles. The Balaban J connectivity index is 2.69. The molecule has 1 heterocycles. The average Bonchev–Trinajstić information content (AvgIpc) is 2.42. The first kappa shape index (κ1) is 14.9. The van der Waals surface area contributed by atoms with E-state index in [1.54, 1.807) is 0 Å². The second-order valence-corrected chi connectivity index (χ2v) is 4.31. The zero-order valence-corrected chi connectivity index (χ0v) is 10.9. The molecule has 1 aromatic heterocycles. The third-order valence-corrected chi connectivity index (χ3v) is 2.92. The van der Waals surface area contributed by atoms with Crippen LogP contribution in [0.5, 0.6) is 0 Å². The number of nitrogens with two attached hydrogens (primary N) is 1. The molecule has 21 heavy (non-hydrogen) atoms. The van der Waals surface area contributed by atoms with Crippen LogP contribution in [-0.4, -0.2) is 9.55 Å². The number of nitrogens with zero attached hydrogens (tertiary/aromatic N) is 3. The van der Waals surface area contributed by atoms with E-state index in [2.05, 4.69) is 4.98 Å². The molecule has 0 saturated heterocycles. The molecule has 0 bridgehead atoms. The number of benzene rings is 1. The van der Waals surface area contributed by atoms with Gasteiger partial charge in [0.15, 0.2) is 5.69 Å². The van der Waals surface area contributed by atoms with Crippen LogP contribution in [0, 0.1) is 11.3 Å². The molecule has 2 aromatic rings. The zero-order chi connectivity index (χ0) is 15.8. The second-order valence-electron chi connectivity index (χ2n) is 3.93. The molecule has 5 nitrogen and oxygen atoms in total. The Labute approximate surface area is 121 Å². The molecule has 0 unspecified atom stereocenters. The highest BCUT2D eigenvalue weighted by Crippen LogP contribution is 2.32. The van der Waals surface area contributed by atoms with Crippen LogP contribution in [0.1, 0.15) is 11.3 Å². The molecule has 0 fully saturated rings. The lowest BCUT2D eigenvalue weighted by molar-refractivity contribution is -0.141. The number of anilines is 1. The number of aromatic nitrogens is 2. The van der Waals surface area contributed by atoms with E-state index in [0.717, 1.165) is 4.57 Å². The fourth-order valence-corrected chi connectivity index (χ4v) is 1.87. The molecular weight excluding hydrogens is 309 g/mol. The molecule has 2 rings (SSSR count). The van der Waals surface area contributed by atoms with Gasteiger partial charge in [-0.2, -0.15) is 18.4 Å². The third-order valence-electron chi connectivity index (χ3n) is 2.58. The van der Waals surface area contributed by atoms with Gasteiger partial charge in [-0.15, -0.1) is 0 Å². The smallest absolute Gasteiger partial charge is 0.369 e. The molecule has 0 saturated carbocycles. The van der Waals surface area contributed by atoms with Gasteiger partial charge >= 0.3 is 6.18 Å². The van der Waals surface area contributed by atoms with Crippen molar-refractivity contribution in [1.82, 2.24) is 9.55 Å². The van der Waals surface area contributed by atoms with E-state index in [1.807, 2.05) is 6.07 Å². The van der Waals surface area contributed by atoms with Gasteiger partial charge in [-0.3, -0.25) is 4.79 Å². The van der Waals surface area contributed by atoms with Gasteiger partial charge in [0.2, 0.25) is 5.95 Å². The number of hydrogen-bond acceptors (Lipinski definition) is 4. The van der Waals surface area contributed by atoms with Crippen molar-refractivity contribution < 1.29 is 13.2 Å². The summed E-state index contributed by atoms with van der Waals surface area (Å²) in [5.74, 6) is -0.651. The Morgan fingerprint density at radius 1 is 1.29 bits per heavy atom. The Kier molecular flexibility index (Phi) is 3.61. The van der Waals surface area contributed by atoms with E-state index in [4.69, 9.17) is 22.6 Å². The molecule has 0 aliphatic carbocycles. The molecule has 0 amide bonds. The Hall–Kier alpha value is -2.53. The van der Waals surface area contributed by atoms with E-state index in [9.17, 15) is 18.0 Å². The summed E-state index contributed by atoms with van der Waals surface area (Å²) in [5, 5.41) is 7.61. The van der Waals surface area contributed by atoms with E-state index in [-0.39, 0.29) is 5.69 Å². The Bertz CT molecular complexity index is 790. The average molecular weight is 315 g/mol. The monoisotopic (exact) mass is 314 g/mol. The van der Waals surface area contributed by atoms with E-state index in [0.29, 0.717) is 5.56 Å². The number of nitriles is 1. The molecule has 0 atom stereocenters. The van der Waals surface area contributed by atoms with Crippen molar-refractivity contribution in [3.63, 3.8) is 0 Å². The normalized spacial score (nSPS) is 11.2. The van der Waals surface area contributed by atoms with Crippen molar-refractivity contribution in [2.75, 3.05) is 5.73 Å². The number of halogens is 4. The summed E-state index contributed by atoms with van der Waals surface area (Å²) in [4.78, 5) is 15.1. The van der Waals surface area contributed by atoms with Crippen molar-refractivity contribution in [3.8, 4) is 11.8 Å². The quantitative estimate of drug-likeness (QED) is 0.875. The largest absolute Gasteiger partial charge is 0.435 e. The first-order chi connectivity index (χ1) is 9.75. The molecular formula is C12H6ClF3N4O. The fraction of sp³-hybridized carbons (Fsp3) is 0.0833. The van der Waals surface area contributed by atoms with Crippen molar-refractivity contribution >= 4 is 17.5 Å². The van der Waals surface area contributed by atoms with Crippen LogP contribution in [0.2, 0.25) is 5.02 Å². The van der Waals surface area contributed by atoms with Gasteiger partial charge in [-0.25, -0.2) is 9.55 Å². The first-order valence-corrected chi connectivity index (χ1v) is 5.79. The molecule has 0 aliphatic rings. The summed E-state index contributed by atoms with van der Waals surface area (Å²) < 4.78 is 38.7. The van der Waals surface area contributed by atoms with E-state index >= 15 is 0 Å². The van der Waals surface area contributed by atoms with Gasteiger partial charge in [0.05, 0.1) is 17.3 Å². The van der Waals surface area contributed by atoms with Crippen LogP contribution in [-0.2, 0) is 6.18 Å². The zero-order valence-electron chi connectivity index (χ0n) is 10.1. The van der Waals surface area contributed by atoms with Crippen LogP contribution < -0.4 is 11.3 Å². The number of nitrogen functional groups attached to an aromatic ring is 1. The molecule has 0 aliphatic heterocycles. The minimum Gasteiger partial charge on any atom is -0.369 e. The van der Waals surface area contributed by atoms with Crippen molar-refractivity contribution in [2.45, 2.75) is 6.18 Å². The molecule has 0 radical (unpaired) electrons. The molecule has 0 spiro atoms. The molecule has 9 heteroatoms. The lowest BCUT2D eigenvalue weighted by Crippen LogP contribution is -2.27. The number of hydrogen-bond donors (Lipinski definition) is 1. The van der Waals surface area contributed by atoms with Gasteiger partial charge in [0.1, 0.15) is 5.02 Å². The number of alkyl halides is 3. The van der Waals surface area contributed by atoms with Crippen LogP contribution in [0.3, 0.4) is 0 Å². The van der Waals surface area contributed by atoms with Crippen LogP contribution in [0.15, 0.2) is 29.1 Å². The number of rotatable bonds is 1. The van der Waals surface area contributed by atoms with Gasteiger partial charge in [-0.1, -0.05) is 11.6 Å². The highest BCUT2D eigenvalue weighted by molar-refractivity contribution is 6.31. The first-order valence-electron chi connectivity index (χ1n) is 5.41. The van der Waals surface area contributed by atoms with Crippen molar-refractivity contribution in [1.29, 1.82) is 5.26 Å². The van der Waals surface area contributed by atoms with E-state index in [1.165, 1.54) is 24.3 Å². The molecule has 108 valence electrons. The minimum absolute atomic E-state index is 0.152. The summed E-state index contributed by atoms with van der Waals surface area (Å²) in [6.45, 7) is 0. The lowest BCUT2D eigenvalue weighted by atomic mass is 10.2. The van der Waals surface area contributed by atoms with Gasteiger partial charge < -0.3 is 5.73 Å². The standard InChI is InChI=1S/C12H6ClF3N4O/c13-8-9(12(14,15)16)19-11(18)20(10(8)21)7-3-1-6(5-17)2-4-7/h1-4H,(H2,18,19). The summed E-state index contributed by atoms with van der Waals surface area (Å²) >= 11 is 5.44. The summed E-state index contributed by atoms with van der Waals surface area (Å²) in [5.41, 5.74) is 3.22. The Morgan fingerprint density at radius 2 is 1.86 bits per heavy atom. The van der Waals surface area contributed by atoms with E-state index < -0.39 is 28.4 Å². The summed E-state index contributed by atoms with van der Waals surface area (Å²) in [6, 6.07) is 7.33. The highest BCUT2D eigenvalue weighted by Gasteiger charge is 2.37. The summed E-state index contributed by atoms with van der Waals surface area (Å²) in [7, 11) is 0. The van der Waals surface area contributed by atoms with Crippen LogP contribution in [0.25, 0.3) is 5.69 Å². The Morgan fingerprint density at radius 3 is 2.33 bits per heavy atom. The van der Waals surface area contributed by atoms with Crippen LogP contribution in [0.4, 0.5) is 19.1 Å². The maximum Gasteiger partial charge on any atom is 0.435 e. The van der Waals surface area contributed by atoms with Gasteiger partial charge in [0.25, 0.3) is 5.56 Å². The maximum atomic E-state index is 12.7. The highest BCUT2D eigenvalue weighted by atomic mass is 35.5. The van der Waals surface area contributed by atoms with Crippen molar-refractivity contribution in [2.24, 2.45) is 0 Å². The second kappa shape index (κ2) is 5.10. The van der Waals surface area contributed by atoms with Crippen LogP contribution >= 0.6 is 11.6 Å². The third kappa shape index (κ3) is 2.68. The molecule has 2 N–H and O–H groups in total.